The standard InChI is InChI=1S/C15H19N3/c1-3-18(12-5-6-12)15-8-10(2)17-14-7-4-11(16)9-13(14)15/h4,7-9,12H,3,5-6,16H2,1-2H3. The van der Waals surface area contributed by atoms with E-state index in [0.29, 0.717) is 6.04 Å². The zero-order valence-electron chi connectivity index (χ0n) is 11.0. The number of rotatable bonds is 3. The molecule has 1 aromatic carbocycles. The molecule has 0 atom stereocenters. The van der Waals surface area contributed by atoms with E-state index in [2.05, 4.69) is 29.8 Å². The van der Waals surface area contributed by atoms with Crippen molar-refractivity contribution in [2.45, 2.75) is 32.7 Å². The third-order valence-corrected chi connectivity index (χ3v) is 3.58. The number of fused-ring (bicyclic) bond motifs is 1. The average Bonchev–Trinajstić information content (AvgIpc) is 3.15. The van der Waals surface area contributed by atoms with Gasteiger partial charge < -0.3 is 10.6 Å². The van der Waals surface area contributed by atoms with Crippen molar-refractivity contribution in [2.24, 2.45) is 0 Å². The molecule has 3 nitrogen and oxygen atoms in total. The molecule has 1 aliphatic rings. The predicted molar refractivity (Wildman–Crippen MR) is 76.9 cm³/mol. The lowest BCUT2D eigenvalue weighted by Gasteiger charge is -2.24. The first-order valence-electron chi connectivity index (χ1n) is 6.62. The van der Waals surface area contributed by atoms with Gasteiger partial charge in [-0.1, -0.05) is 0 Å². The van der Waals surface area contributed by atoms with Gasteiger partial charge in [0.1, 0.15) is 0 Å². The molecule has 2 N–H and O–H groups in total. The molecular formula is C15H19N3. The van der Waals surface area contributed by atoms with Crippen molar-refractivity contribution >= 4 is 22.3 Å². The minimum atomic E-state index is 0.710. The molecule has 1 aromatic heterocycles. The van der Waals surface area contributed by atoms with Crippen molar-refractivity contribution in [3.05, 3.63) is 30.0 Å². The molecule has 1 aliphatic carbocycles. The topological polar surface area (TPSA) is 42.2 Å². The fraction of sp³-hybridized carbons (Fsp3) is 0.400. The summed E-state index contributed by atoms with van der Waals surface area (Å²) in [5.74, 6) is 0. The molecule has 0 bridgehead atoms. The zero-order valence-corrected chi connectivity index (χ0v) is 11.0. The van der Waals surface area contributed by atoms with Gasteiger partial charge in [-0.25, -0.2) is 0 Å². The molecule has 94 valence electrons. The first-order valence-corrected chi connectivity index (χ1v) is 6.62. The van der Waals surface area contributed by atoms with Crippen molar-refractivity contribution in [2.75, 3.05) is 17.2 Å². The van der Waals surface area contributed by atoms with E-state index in [-0.39, 0.29) is 0 Å². The quantitative estimate of drug-likeness (QED) is 0.839. The molecule has 0 unspecified atom stereocenters. The second-order valence-corrected chi connectivity index (χ2v) is 5.08. The van der Waals surface area contributed by atoms with Crippen LogP contribution < -0.4 is 10.6 Å². The highest BCUT2D eigenvalue weighted by Gasteiger charge is 2.29. The maximum atomic E-state index is 5.92. The summed E-state index contributed by atoms with van der Waals surface area (Å²) in [6.07, 6.45) is 2.61. The zero-order chi connectivity index (χ0) is 12.7. The Hall–Kier alpha value is -1.77. The minimum absolute atomic E-state index is 0.710. The van der Waals surface area contributed by atoms with Crippen LogP contribution in [0.3, 0.4) is 0 Å². The van der Waals surface area contributed by atoms with Crippen molar-refractivity contribution in [3.63, 3.8) is 0 Å². The number of nitrogens with zero attached hydrogens (tertiary/aromatic N) is 2. The number of aryl methyl sites for hydroxylation is 1. The Labute approximate surface area is 108 Å². The second-order valence-electron chi connectivity index (χ2n) is 5.08. The van der Waals surface area contributed by atoms with E-state index in [9.17, 15) is 0 Å². The maximum Gasteiger partial charge on any atom is 0.0727 e. The Bertz CT molecular complexity index is 588. The summed E-state index contributed by atoms with van der Waals surface area (Å²) in [6.45, 7) is 5.31. The van der Waals surface area contributed by atoms with E-state index < -0.39 is 0 Å². The Balaban J connectivity index is 2.21. The van der Waals surface area contributed by atoms with Gasteiger partial charge in [0, 0.05) is 35.0 Å². The summed E-state index contributed by atoms with van der Waals surface area (Å²) in [6, 6.07) is 8.88. The summed E-state index contributed by atoms with van der Waals surface area (Å²) in [7, 11) is 0. The van der Waals surface area contributed by atoms with Gasteiger partial charge in [0.05, 0.1) is 5.52 Å². The fourth-order valence-corrected chi connectivity index (χ4v) is 2.60. The van der Waals surface area contributed by atoms with Gasteiger partial charge in [0.15, 0.2) is 0 Å². The van der Waals surface area contributed by atoms with Crippen LogP contribution in [0.4, 0.5) is 11.4 Å². The van der Waals surface area contributed by atoms with Gasteiger partial charge in [-0.15, -0.1) is 0 Å². The van der Waals surface area contributed by atoms with Gasteiger partial charge in [0.2, 0.25) is 0 Å². The third-order valence-electron chi connectivity index (χ3n) is 3.58. The monoisotopic (exact) mass is 241 g/mol. The molecule has 1 heterocycles. The van der Waals surface area contributed by atoms with E-state index in [1.165, 1.54) is 23.9 Å². The van der Waals surface area contributed by atoms with Crippen LogP contribution in [0.2, 0.25) is 0 Å². The Kier molecular flexibility index (Phi) is 2.62. The number of nitrogens with two attached hydrogens (primary N) is 1. The van der Waals surface area contributed by atoms with Crippen LogP contribution in [0.1, 0.15) is 25.5 Å². The molecule has 0 spiro atoms. The molecule has 3 heteroatoms. The van der Waals surface area contributed by atoms with Crippen LogP contribution >= 0.6 is 0 Å². The van der Waals surface area contributed by atoms with Crippen LogP contribution in [-0.4, -0.2) is 17.6 Å². The summed E-state index contributed by atoms with van der Waals surface area (Å²) in [5.41, 5.74) is 10.1. The number of anilines is 2. The summed E-state index contributed by atoms with van der Waals surface area (Å²) < 4.78 is 0. The van der Waals surface area contributed by atoms with Crippen LogP contribution in [-0.2, 0) is 0 Å². The maximum absolute atomic E-state index is 5.92. The summed E-state index contributed by atoms with van der Waals surface area (Å²) in [4.78, 5) is 7.07. The van der Waals surface area contributed by atoms with Crippen molar-refractivity contribution < 1.29 is 0 Å². The highest BCUT2D eigenvalue weighted by atomic mass is 15.2. The number of pyridine rings is 1. The Morgan fingerprint density at radius 1 is 1.33 bits per heavy atom. The molecule has 0 saturated heterocycles. The average molecular weight is 241 g/mol. The van der Waals surface area contributed by atoms with Gasteiger partial charge in [0.25, 0.3) is 0 Å². The van der Waals surface area contributed by atoms with Crippen LogP contribution in [0.5, 0.6) is 0 Å². The van der Waals surface area contributed by atoms with Gasteiger partial charge in [-0.3, -0.25) is 4.98 Å². The number of hydrogen-bond acceptors (Lipinski definition) is 3. The third kappa shape index (κ3) is 1.90. The number of hydrogen-bond donors (Lipinski definition) is 1. The lowest BCUT2D eigenvalue weighted by molar-refractivity contribution is 0.829. The van der Waals surface area contributed by atoms with E-state index in [4.69, 9.17) is 5.73 Å². The fourth-order valence-electron chi connectivity index (χ4n) is 2.60. The van der Waals surface area contributed by atoms with Crippen LogP contribution in [0.15, 0.2) is 24.3 Å². The molecular weight excluding hydrogens is 222 g/mol. The van der Waals surface area contributed by atoms with E-state index >= 15 is 0 Å². The highest BCUT2D eigenvalue weighted by molar-refractivity contribution is 5.94. The number of nitrogen functional groups attached to an aromatic ring is 1. The second kappa shape index (κ2) is 4.16. The van der Waals surface area contributed by atoms with Gasteiger partial charge >= 0.3 is 0 Å². The summed E-state index contributed by atoms with van der Waals surface area (Å²) in [5, 5.41) is 1.18. The largest absolute Gasteiger partial charge is 0.399 e. The smallest absolute Gasteiger partial charge is 0.0727 e. The van der Waals surface area contributed by atoms with Gasteiger partial charge in [-0.2, -0.15) is 0 Å². The molecule has 1 saturated carbocycles. The first-order chi connectivity index (χ1) is 8.69. The number of aromatic nitrogens is 1. The lowest BCUT2D eigenvalue weighted by Crippen LogP contribution is -2.25. The first kappa shape index (κ1) is 11.3. The van der Waals surface area contributed by atoms with Gasteiger partial charge in [-0.05, 0) is 51.0 Å². The highest BCUT2D eigenvalue weighted by Crippen LogP contribution is 2.36. The van der Waals surface area contributed by atoms with Crippen molar-refractivity contribution in [1.29, 1.82) is 0 Å². The van der Waals surface area contributed by atoms with Crippen molar-refractivity contribution in [3.8, 4) is 0 Å². The molecule has 0 amide bonds. The van der Waals surface area contributed by atoms with Crippen LogP contribution in [0.25, 0.3) is 10.9 Å². The minimum Gasteiger partial charge on any atom is -0.399 e. The number of benzene rings is 1. The molecule has 2 aromatic rings. The molecule has 0 radical (unpaired) electrons. The molecule has 0 aliphatic heterocycles. The van der Waals surface area contributed by atoms with E-state index in [0.717, 1.165) is 23.4 Å². The van der Waals surface area contributed by atoms with E-state index in [1.54, 1.807) is 0 Å². The van der Waals surface area contributed by atoms with E-state index in [1.807, 2.05) is 18.2 Å². The summed E-state index contributed by atoms with van der Waals surface area (Å²) >= 11 is 0. The predicted octanol–water partition coefficient (Wildman–Crippen LogP) is 3.11. The SMILES string of the molecule is CCN(c1cc(C)nc2ccc(N)cc12)C1CC1. The molecule has 3 rings (SSSR count). The normalized spacial score (nSPS) is 15.0. The van der Waals surface area contributed by atoms with Crippen molar-refractivity contribution in [1.82, 2.24) is 4.98 Å². The van der Waals surface area contributed by atoms with Crippen LogP contribution in [0, 0.1) is 6.92 Å². The molecule has 1 fully saturated rings. The lowest BCUT2D eigenvalue weighted by atomic mass is 10.1. The Morgan fingerprint density at radius 3 is 2.78 bits per heavy atom. The Morgan fingerprint density at radius 2 is 2.11 bits per heavy atom. The molecule has 18 heavy (non-hydrogen) atoms.